The van der Waals surface area contributed by atoms with E-state index < -0.39 is 0 Å². The molecule has 0 bridgehead atoms. The number of nitrogens with zero attached hydrogens (tertiary/aromatic N) is 1. The lowest BCUT2D eigenvalue weighted by Crippen LogP contribution is -2.42. The van der Waals surface area contributed by atoms with E-state index in [0.29, 0.717) is 12.0 Å². The van der Waals surface area contributed by atoms with Crippen LogP contribution in [0.1, 0.15) is 51.3 Å². The Kier molecular flexibility index (Phi) is 3.79. The zero-order chi connectivity index (χ0) is 14.1. The van der Waals surface area contributed by atoms with Crippen molar-refractivity contribution >= 4 is 5.91 Å². The van der Waals surface area contributed by atoms with Crippen molar-refractivity contribution in [3.05, 3.63) is 35.9 Å². The van der Waals surface area contributed by atoms with Crippen molar-refractivity contribution in [2.45, 2.75) is 57.8 Å². The summed E-state index contributed by atoms with van der Waals surface area (Å²) < 4.78 is 0. The molecule has 108 valence electrons. The third kappa shape index (κ3) is 2.35. The number of rotatable bonds is 3. The van der Waals surface area contributed by atoms with Gasteiger partial charge in [0.1, 0.15) is 6.17 Å². The molecule has 1 aromatic carbocycles. The van der Waals surface area contributed by atoms with Gasteiger partial charge in [-0.15, -0.1) is 0 Å². The number of amides is 1. The second kappa shape index (κ2) is 5.57. The molecule has 1 N–H and O–H groups in total. The lowest BCUT2D eigenvalue weighted by molar-refractivity contribution is -0.132. The Morgan fingerprint density at radius 2 is 1.85 bits per heavy atom. The van der Waals surface area contributed by atoms with Gasteiger partial charge in [-0.2, -0.15) is 0 Å². The normalized spacial score (nSPS) is 29.1. The molecule has 3 nitrogen and oxygen atoms in total. The standard InChI is InChI=1S/C17H24N2O/c1-12-17(20)19(13(2)14-8-6-7-9-14)16(18-12)15-10-4-3-5-11-15/h3-5,10-14,16,18H,6-9H2,1-2H3. The average molecular weight is 272 g/mol. The molecule has 1 aromatic rings. The SMILES string of the molecule is CC1NC(c2ccccc2)N(C(C)C2CCCC2)C1=O. The van der Waals surface area contributed by atoms with E-state index >= 15 is 0 Å². The maximum atomic E-state index is 12.6. The van der Waals surface area contributed by atoms with Gasteiger partial charge < -0.3 is 4.90 Å². The zero-order valence-corrected chi connectivity index (χ0v) is 12.4. The third-order valence-electron chi connectivity index (χ3n) is 4.95. The highest BCUT2D eigenvalue weighted by Gasteiger charge is 2.42. The molecular formula is C17H24N2O. The molecule has 0 spiro atoms. The fourth-order valence-corrected chi connectivity index (χ4v) is 3.73. The van der Waals surface area contributed by atoms with Gasteiger partial charge in [0, 0.05) is 6.04 Å². The van der Waals surface area contributed by atoms with E-state index in [1.165, 1.54) is 31.2 Å². The van der Waals surface area contributed by atoms with E-state index in [2.05, 4.69) is 29.3 Å². The van der Waals surface area contributed by atoms with E-state index in [1.54, 1.807) is 0 Å². The molecule has 3 rings (SSSR count). The van der Waals surface area contributed by atoms with Gasteiger partial charge in [-0.25, -0.2) is 0 Å². The first kappa shape index (κ1) is 13.6. The molecule has 1 heterocycles. The van der Waals surface area contributed by atoms with Crippen LogP contribution in [0.3, 0.4) is 0 Å². The van der Waals surface area contributed by atoms with Crippen molar-refractivity contribution in [3.63, 3.8) is 0 Å². The number of benzene rings is 1. The Labute approximate surface area is 121 Å². The Hall–Kier alpha value is -1.35. The molecule has 2 aliphatic rings. The van der Waals surface area contributed by atoms with Gasteiger partial charge in [0.2, 0.25) is 5.91 Å². The van der Waals surface area contributed by atoms with Crippen molar-refractivity contribution in [2.24, 2.45) is 5.92 Å². The first-order valence-corrected chi connectivity index (χ1v) is 7.81. The Morgan fingerprint density at radius 3 is 2.50 bits per heavy atom. The first-order valence-electron chi connectivity index (χ1n) is 7.81. The summed E-state index contributed by atoms with van der Waals surface area (Å²) in [7, 11) is 0. The minimum Gasteiger partial charge on any atom is -0.319 e. The van der Waals surface area contributed by atoms with E-state index in [0.717, 1.165) is 0 Å². The van der Waals surface area contributed by atoms with Crippen molar-refractivity contribution < 1.29 is 4.79 Å². The smallest absolute Gasteiger partial charge is 0.241 e. The Bertz CT molecular complexity index is 467. The van der Waals surface area contributed by atoms with E-state index in [-0.39, 0.29) is 18.1 Å². The lowest BCUT2D eigenvalue weighted by atomic mass is 9.97. The Morgan fingerprint density at radius 1 is 1.20 bits per heavy atom. The van der Waals surface area contributed by atoms with Crippen molar-refractivity contribution in [2.75, 3.05) is 0 Å². The number of nitrogens with one attached hydrogen (secondary N) is 1. The van der Waals surface area contributed by atoms with Crippen LogP contribution in [0.15, 0.2) is 30.3 Å². The lowest BCUT2D eigenvalue weighted by Gasteiger charge is -2.34. The summed E-state index contributed by atoms with van der Waals surface area (Å²) in [6.45, 7) is 4.20. The predicted octanol–water partition coefficient (Wildman–Crippen LogP) is 3.08. The predicted molar refractivity (Wildman–Crippen MR) is 80.0 cm³/mol. The van der Waals surface area contributed by atoms with Crippen molar-refractivity contribution in [1.29, 1.82) is 0 Å². The van der Waals surface area contributed by atoms with Crippen LogP contribution in [0, 0.1) is 5.92 Å². The van der Waals surface area contributed by atoms with Gasteiger partial charge in [0.15, 0.2) is 0 Å². The number of hydrogen-bond acceptors (Lipinski definition) is 2. The molecule has 1 aliphatic heterocycles. The summed E-state index contributed by atoms with van der Waals surface area (Å²) in [4.78, 5) is 14.6. The molecule has 1 aliphatic carbocycles. The highest BCUT2D eigenvalue weighted by Crippen LogP contribution is 2.35. The molecule has 0 aromatic heterocycles. The summed E-state index contributed by atoms with van der Waals surface area (Å²) in [6.07, 6.45) is 5.20. The number of carbonyl (C=O) groups is 1. The fourth-order valence-electron chi connectivity index (χ4n) is 3.73. The van der Waals surface area contributed by atoms with Gasteiger partial charge in [-0.1, -0.05) is 43.2 Å². The van der Waals surface area contributed by atoms with Gasteiger partial charge in [-0.05, 0) is 38.2 Å². The van der Waals surface area contributed by atoms with Crippen LogP contribution in [0.2, 0.25) is 0 Å². The molecule has 3 heteroatoms. The maximum absolute atomic E-state index is 12.6. The van der Waals surface area contributed by atoms with Crippen LogP contribution in [-0.4, -0.2) is 22.9 Å². The zero-order valence-electron chi connectivity index (χ0n) is 12.4. The Balaban J connectivity index is 1.86. The summed E-state index contributed by atoms with van der Waals surface area (Å²) in [6, 6.07) is 10.6. The molecule has 20 heavy (non-hydrogen) atoms. The second-order valence-electron chi connectivity index (χ2n) is 6.23. The maximum Gasteiger partial charge on any atom is 0.241 e. The molecule has 0 radical (unpaired) electrons. The molecule has 1 amide bonds. The molecule has 3 atom stereocenters. The molecular weight excluding hydrogens is 248 g/mol. The van der Waals surface area contributed by atoms with Crippen LogP contribution in [0.4, 0.5) is 0 Å². The monoisotopic (exact) mass is 272 g/mol. The largest absolute Gasteiger partial charge is 0.319 e. The summed E-state index contributed by atoms with van der Waals surface area (Å²) in [5, 5.41) is 3.45. The second-order valence-corrected chi connectivity index (χ2v) is 6.23. The molecule has 1 saturated heterocycles. The molecule has 2 fully saturated rings. The van der Waals surface area contributed by atoms with Gasteiger partial charge >= 0.3 is 0 Å². The van der Waals surface area contributed by atoms with Gasteiger partial charge in [0.25, 0.3) is 0 Å². The quantitative estimate of drug-likeness (QED) is 0.917. The first-order chi connectivity index (χ1) is 9.68. The van der Waals surface area contributed by atoms with Gasteiger partial charge in [0.05, 0.1) is 6.04 Å². The average Bonchev–Trinajstić information content (AvgIpc) is 3.09. The van der Waals surface area contributed by atoms with Crippen molar-refractivity contribution in [1.82, 2.24) is 10.2 Å². The van der Waals surface area contributed by atoms with Crippen LogP contribution >= 0.6 is 0 Å². The van der Waals surface area contributed by atoms with Crippen LogP contribution in [0.25, 0.3) is 0 Å². The van der Waals surface area contributed by atoms with Crippen LogP contribution in [0.5, 0.6) is 0 Å². The minimum atomic E-state index is -0.0796. The van der Waals surface area contributed by atoms with E-state index in [9.17, 15) is 4.79 Å². The van der Waals surface area contributed by atoms with Gasteiger partial charge in [-0.3, -0.25) is 10.1 Å². The molecule has 3 unspecified atom stereocenters. The van der Waals surface area contributed by atoms with Crippen LogP contribution in [-0.2, 0) is 4.79 Å². The van der Waals surface area contributed by atoms with Crippen molar-refractivity contribution in [3.8, 4) is 0 Å². The summed E-state index contributed by atoms with van der Waals surface area (Å²) in [5.41, 5.74) is 1.19. The highest BCUT2D eigenvalue weighted by molar-refractivity contribution is 5.84. The van der Waals surface area contributed by atoms with E-state index in [4.69, 9.17) is 0 Å². The molecule has 1 saturated carbocycles. The van der Waals surface area contributed by atoms with Crippen LogP contribution < -0.4 is 5.32 Å². The minimum absolute atomic E-state index is 0.0364. The topological polar surface area (TPSA) is 32.3 Å². The summed E-state index contributed by atoms with van der Waals surface area (Å²) in [5.74, 6) is 0.913. The number of carbonyl (C=O) groups excluding carboxylic acids is 1. The fraction of sp³-hybridized carbons (Fsp3) is 0.588. The third-order valence-corrected chi connectivity index (χ3v) is 4.95. The number of hydrogen-bond donors (Lipinski definition) is 1. The summed E-state index contributed by atoms with van der Waals surface area (Å²) >= 11 is 0. The highest BCUT2D eigenvalue weighted by atomic mass is 16.2. The van der Waals surface area contributed by atoms with E-state index in [1.807, 2.05) is 25.1 Å².